The number of hydrogen-bond donors (Lipinski definition) is 0. The lowest BCUT2D eigenvalue weighted by molar-refractivity contribution is 0.436. The highest BCUT2D eigenvalue weighted by atomic mass is 16.5. The molecule has 7 aromatic carbocycles. The zero-order chi connectivity index (χ0) is 31.4. The molecule has 0 N–H and O–H groups in total. The molecule has 224 valence electrons. The summed E-state index contributed by atoms with van der Waals surface area (Å²) in [6, 6.07) is 55.6. The summed E-state index contributed by atoms with van der Waals surface area (Å²) in [4.78, 5) is 0. The summed E-state index contributed by atoms with van der Waals surface area (Å²) in [5.74, 6) is 3.29. The van der Waals surface area contributed by atoms with Crippen LogP contribution in [0.1, 0.15) is 22.3 Å². The summed E-state index contributed by atoms with van der Waals surface area (Å²) in [6.45, 7) is 0. The molecule has 11 rings (SSSR count). The number of para-hydroxylation sites is 1. The van der Waals surface area contributed by atoms with Crippen LogP contribution in [0.4, 0.5) is 0 Å². The average Bonchev–Trinajstić information content (AvgIpc) is 3.85. The van der Waals surface area contributed by atoms with Gasteiger partial charge >= 0.3 is 0 Å². The predicted molar refractivity (Wildman–Crippen MR) is 192 cm³/mol. The lowest BCUT2D eigenvalue weighted by Crippen LogP contribution is -2.32. The quantitative estimate of drug-likeness (QED) is 0.194. The van der Waals surface area contributed by atoms with Crippen LogP contribution in [-0.2, 0) is 5.41 Å². The Hall–Kier alpha value is -6.32. The fourth-order valence-corrected chi connectivity index (χ4v) is 8.37. The molecule has 1 spiro atoms. The van der Waals surface area contributed by atoms with E-state index in [-0.39, 0.29) is 0 Å². The maximum Gasteiger partial charge on any atom is 0.136 e. The average molecular weight is 615 g/mol. The monoisotopic (exact) mass is 614 g/mol. The fourth-order valence-electron chi connectivity index (χ4n) is 8.37. The van der Waals surface area contributed by atoms with Gasteiger partial charge in [0.25, 0.3) is 0 Å². The Morgan fingerprint density at radius 2 is 1.04 bits per heavy atom. The molecular weight excluding hydrogens is 588 g/mol. The van der Waals surface area contributed by atoms with Crippen molar-refractivity contribution in [3.63, 3.8) is 0 Å². The summed E-state index contributed by atoms with van der Waals surface area (Å²) in [7, 11) is 0. The largest absolute Gasteiger partial charge is 0.457 e. The summed E-state index contributed by atoms with van der Waals surface area (Å²) >= 11 is 0. The van der Waals surface area contributed by atoms with Crippen LogP contribution in [0.2, 0.25) is 0 Å². The van der Waals surface area contributed by atoms with Gasteiger partial charge in [-0.05, 0) is 75.5 Å². The van der Waals surface area contributed by atoms with Gasteiger partial charge in [-0.2, -0.15) is 0 Å². The summed E-state index contributed by atoms with van der Waals surface area (Å²) < 4.78 is 19.7. The van der Waals surface area contributed by atoms with Crippen molar-refractivity contribution in [2.24, 2.45) is 0 Å². The Balaban J connectivity index is 1.08. The van der Waals surface area contributed by atoms with Crippen molar-refractivity contribution in [2.45, 2.75) is 5.41 Å². The SMILES string of the molecule is c1ccc2c(c1)Oc1cc(-c3ccc(-c4cccc5oc6cc7ccccc7cc6c45)o3)ccc1C21c2ccccc2-c2ccccc21. The molecule has 2 aromatic heterocycles. The number of hydrogen-bond acceptors (Lipinski definition) is 3. The van der Waals surface area contributed by atoms with Gasteiger partial charge in [-0.3, -0.25) is 0 Å². The first kappa shape index (κ1) is 25.8. The second kappa shape index (κ2) is 9.37. The van der Waals surface area contributed by atoms with Gasteiger partial charge in [0, 0.05) is 33.0 Å². The molecule has 0 radical (unpaired) electrons. The van der Waals surface area contributed by atoms with Crippen LogP contribution in [0, 0.1) is 0 Å². The molecule has 0 saturated heterocycles. The highest BCUT2D eigenvalue weighted by Crippen LogP contribution is 2.62. The van der Waals surface area contributed by atoms with Gasteiger partial charge in [-0.15, -0.1) is 0 Å². The molecule has 1 aliphatic carbocycles. The van der Waals surface area contributed by atoms with E-state index in [9.17, 15) is 0 Å². The third-order valence-electron chi connectivity index (χ3n) is 10.4. The lowest BCUT2D eigenvalue weighted by Gasteiger charge is -2.39. The van der Waals surface area contributed by atoms with E-state index in [0.717, 1.165) is 72.6 Å². The standard InChI is InChI=1S/C45H26O3/c1-2-11-28-25-42-33(24-27(28)10-1)44-32(14-9-19-41(44)48-42)39-23-22-38(46-39)29-20-21-37-43(26-29)47-40-18-8-7-17-36(40)45(37)34-15-5-3-12-30(34)31-13-4-6-16-35(31)45/h1-26H. The summed E-state index contributed by atoms with van der Waals surface area (Å²) in [5, 5.41) is 4.49. The fraction of sp³-hybridized carbons (Fsp3) is 0.0222. The Bertz CT molecular complexity index is 2730. The number of furan rings is 2. The van der Waals surface area contributed by atoms with Gasteiger partial charge in [0.05, 0.1) is 5.41 Å². The molecule has 48 heavy (non-hydrogen) atoms. The molecule has 3 heterocycles. The number of rotatable bonds is 2. The third kappa shape index (κ3) is 3.32. The molecule has 9 aromatic rings. The molecule has 0 amide bonds. The molecule has 2 aliphatic rings. The Labute approximate surface area is 276 Å². The van der Waals surface area contributed by atoms with E-state index in [1.165, 1.54) is 27.6 Å². The number of ether oxygens (including phenoxy) is 1. The topological polar surface area (TPSA) is 35.5 Å². The molecule has 1 aliphatic heterocycles. The van der Waals surface area contributed by atoms with Crippen molar-refractivity contribution < 1.29 is 13.6 Å². The van der Waals surface area contributed by atoms with Gasteiger partial charge in [-0.25, -0.2) is 0 Å². The van der Waals surface area contributed by atoms with Crippen LogP contribution in [0.25, 0.3) is 66.5 Å². The smallest absolute Gasteiger partial charge is 0.136 e. The highest BCUT2D eigenvalue weighted by molar-refractivity contribution is 6.15. The van der Waals surface area contributed by atoms with E-state index in [0.29, 0.717) is 0 Å². The molecule has 0 atom stereocenters. The van der Waals surface area contributed by atoms with Crippen LogP contribution in [-0.4, -0.2) is 0 Å². The van der Waals surface area contributed by atoms with E-state index >= 15 is 0 Å². The zero-order valence-corrected chi connectivity index (χ0v) is 25.7. The zero-order valence-electron chi connectivity index (χ0n) is 25.7. The van der Waals surface area contributed by atoms with Gasteiger partial charge < -0.3 is 13.6 Å². The highest BCUT2D eigenvalue weighted by Gasteiger charge is 2.50. The van der Waals surface area contributed by atoms with Crippen molar-refractivity contribution in [3.05, 3.63) is 180 Å². The predicted octanol–water partition coefficient (Wildman–Crippen LogP) is 12.1. The van der Waals surface area contributed by atoms with E-state index in [1.54, 1.807) is 0 Å². The third-order valence-corrected chi connectivity index (χ3v) is 10.4. The van der Waals surface area contributed by atoms with E-state index in [4.69, 9.17) is 13.6 Å². The Kier molecular flexibility index (Phi) is 5.04. The Morgan fingerprint density at radius 1 is 0.396 bits per heavy atom. The lowest BCUT2D eigenvalue weighted by atomic mass is 9.66. The van der Waals surface area contributed by atoms with E-state index in [2.05, 4.69) is 146 Å². The van der Waals surface area contributed by atoms with Crippen molar-refractivity contribution in [1.29, 1.82) is 0 Å². The van der Waals surface area contributed by atoms with Gasteiger partial charge in [0.15, 0.2) is 0 Å². The van der Waals surface area contributed by atoms with Crippen molar-refractivity contribution >= 4 is 32.7 Å². The summed E-state index contributed by atoms with van der Waals surface area (Å²) in [6.07, 6.45) is 0. The maximum atomic E-state index is 6.72. The van der Waals surface area contributed by atoms with Crippen LogP contribution in [0.15, 0.2) is 167 Å². The van der Waals surface area contributed by atoms with Gasteiger partial charge in [0.2, 0.25) is 0 Å². The van der Waals surface area contributed by atoms with Crippen molar-refractivity contribution in [1.82, 2.24) is 0 Å². The first-order valence-electron chi connectivity index (χ1n) is 16.3. The van der Waals surface area contributed by atoms with Crippen molar-refractivity contribution in [2.75, 3.05) is 0 Å². The van der Waals surface area contributed by atoms with Crippen LogP contribution in [0.3, 0.4) is 0 Å². The van der Waals surface area contributed by atoms with Crippen molar-refractivity contribution in [3.8, 4) is 45.3 Å². The molecule has 3 nitrogen and oxygen atoms in total. The molecule has 0 unspecified atom stereocenters. The van der Waals surface area contributed by atoms with Gasteiger partial charge in [0.1, 0.15) is 34.2 Å². The second-order valence-electron chi connectivity index (χ2n) is 12.8. The van der Waals surface area contributed by atoms with Crippen LogP contribution < -0.4 is 4.74 Å². The van der Waals surface area contributed by atoms with Crippen LogP contribution in [0.5, 0.6) is 11.5 Å². The molecule has 0 fully saturated rings. The minimum Gasteiger partial charge on any atom is -0.457 e. The molecule has 0 saturated carbocycles. The number of fused-ring (bicyclic) bond motifs is 13. The normalized spacial score (nSPS) is 13.8. The first-order chi connectivity index (χ1) is 23.8. The number of benzene rings is 7. The van der Waals surface area contributed by atoms with E-state index < -0.39 is 5.41 Å². The molecular formula is C45H26O3. The minimum atomic E-state index is -0.480. The van der Waals surface area contributed by atoms with Gasteiger partial charge in [-0.1, -0.05) is 115 Å². The minimum absolute atomic E-state index is 0.480. The van der Waals surface area contributed by atoms with Crippen LogP contribution >= 0.6 is 0 Å². The maximum absolute atomic E-state index is 6.72. The van der Waals surface area contributed by atoms with E-state index in [1.807, 2.05) is 12.1 Å². The second-order valence-corrected chi connectivity index (χ2v) is 12.8. The molecule has 3 heteroatoms. The first-order valence-corrected chi connectivity index (χ1v) is 16.3. The molecule has 0 bridgehead atoms. The Morgan fingerprint density at radius 3 is 1.85 bits per heavy atom. The summed E-state index contributed by atoms with van der Waals surface area (Å²) in [5.41, 5.74) is 10.6.